The van der Waals surface area contributed by atoms with Gasteiger partial charge in [-0.2, -0.15) is 0 Å². The van der Waals surface area contributed by atoms with Crippen LogP contribution in [0.1, 0.15) is 39.3 Å². The lowest BCUT2D eigenvalue weighted by Crippen LogP contribution is -2.39. The lowest BCUT2D eigenvalue weighted by atomic mass is 9.97. The molecule has 0 aliphatic carbocycles. The van der Waals surface area contributed by atoms with Gasteiger partial charge < -0.3 is 15.2 Å². The molecular formula is C24H21BrN2O3. The van der Waals surface area contributed by atoms with Crippen molar-refractivity contribution in [2.75, 3.05) is 7.11 Å². The Morgan fingerprint density at radius 2 is 1.80 bits per heavy atom. The predicted molar refractivity (Wildman–Crippen MR) is 120 cm³/mol. The smallest absolute Gasteiger partial charge is 0.337 e. The standard InChI is InChI=1S/C24H21BrN2O3/c1-30-24(29)16-11-9-15(10-12-16)23-26-20(17-5-4-6-18(25)13-17)14-21(27-23)19-7-2-3-8-22(19)28/h2-14,21,23,26-28H,1H3. The van der Waals surface area contributed by atoms with Gasteiger partial charge in [0.05, 0.1) is 18.7 Å². The molecule has 1 aliphatic rings. The minimum Gasteiger partial charge on any atom is -0.508 e. The molecule has 2 atom stereocenters. The van der Waals surface area contributed by atoms with Gasteiger partial charge in [0.15, 0.2) is 0 Å². The molecule has 152 valence electrons. The summed E-state index contributed by atoms with van der Waals surface area (Å²) in [5.41, 5.74) is 4.23. The van der Waals surface area contributed by atoms with Gasteiger partial charge in [0.2, 0.25) is 0 Å². The second-order valence-electron chi connectivity index (χ2n) is 6.98. The molecule has 6 heteroatoms. The number of hydrogen-bond acceptors (Lipinski definition) is 5. The third kappa shape index (κ3) is 4.25. The molecule has 5 nitrogen and oxygen atoms in total. The van der Waals surface area contributed by atoms with E-state index in [9.17, 15) is 9.90 Å². The summed E-state index contributed by atoms with van der Waals surface area (Å²) < 4.78 is 5.77. The fraction of sp³-hybridized carbons (Fsp3) is 0.125. The molecule has 0 saturated heterocycles. The first-order valence-corrected chi connectivity index (χ1v) is 10.3. The van der Waals surface area contributed by atoms with E-state index in [2.05, 4.69) is 32.6 Å². The highest BCUT2D eigenvalue weighted by molar-refractivity contribution is 9.10. The summed E-state index contributed by atoms with van der Waals surface area (Å²) in [6.45, 7) is 0. The number of nitrogens with one attached hydrogen (secondary N) is 2. The molecule has 0 saturated carbocycles. The van der Waals surface area contributed by atoms with Crippen LogP contribution in [0.4, 0.5) is 0 Å². The molecule has 0 spiro atoms. The van der Waals surface area contributed by atoms with E-state index in [1.165, 1.54) is 7.11 Å². The lowest BCUT2D eigenvalue weighted by Gasteiger charge is -2.33. The van der Waals surface area contributed by atoms with Crippen LogP contribution in [0.15, 0.2) is 83.3 Å². The highest BCUT2D eigenvalue weighted by atomic mass is 79.9. The van der Waals surface area contributed by atoms with Gasteiger partial charge in [-0.3, -0.25) is 5.32 Å². The van der Waals surface area contributed by atoms with E-state index < -0.39 is 0 Å². The molecule has 3 aromatic carbocycles. The summed E-state index contributed by atoms with van der Waals surface area (Å²) in [5, 5.41) is 17.5. The number of carbonyl (C=O) groups excluding carboxylic acids is 1. The van der Waals surface area contributed by atoms with Gasteiger partial charge in [0.1, 0.15) is 11.9 Å². The van der Waals surface area contributed by atoms with E-state index in [1.807, 2.05) is 54.6 Å². The number of aromatic hydroxyl groups is 1. The Hall–Kier alpha value is -3.09. The van der Waals surface area contributed by atoms with Crippen LogP contribution in [0.5, 0.6) is 5.75 Å². The number of benzene rings is 3. The van der Waals surface area contributed by atoms with Crippen molar-refractivity contribution in [2.45, 2.75) is 12.2 Å². The second kappa shape index (κ2) is 8.73. The summed E-state index contributed by atoms with van der Waals surface area (Å²) in [7, 11) is 1.37. The molecule has 2 unspecified atom stereocenters. The van der Waals surface area contributed by atoms with Crippen molar-refractivity contribution >= 4 is 27.6 Å². The zero-order chi connectivity index (χ0) is 21.1. The van der Waals surface area contributed by atoms with E-state index in [1.54, 1.807) is 18.2 Å². The Bertz CT molecular complexity index is 1100. The third-order valence-electron chi connectivity index (χ3n) is 5.05. The maximum atomic E-state index is 11.7. The SMILES string of the molecule is COC(=O)c1ccc(C2NC(c3cccc(Br)c3)=CC(c3ccccc3O)N2)cc1. The van der Waals surface area contributed by atoms with Crippen LogP contribution in [-0.2, 0) is 4.74 Å². The quantitative estimate of drug-likeness (QED) is 0.478. The molecule has 3 aromatic rings. The molecule has 30 heavy (non-hydrogen) atoms. The third-order valence-corrected chi connectivity index (χ3v) is 5.55. The topological polar surface area (TPSA) is 70.6 Å². The number of hydrogen-bond donors (Lipinski definition) is 3. The molecule has 0 amide bonds. The number of ether oxygens (including phenoxy) is 1. The Kier molecular flexibility index (Phi) is 5.88. The molecule has 0 bridgehead atoms. The van der Waals surface area contributed by atoms with Crippen LogP contribution >= 0.6 is 15.9 Å². The molecule has 1 heterocycles. The van der Waals surface area contributed by atoms with Crippen molar-refractivity contribution in [3.8, 4) is 5.75 Å². The van der Waals surface area contributed by atoms with Gasteiger partial charge in [-0.1, -0.05) is 58.4 Å². The minimum atomic E-state index is -0.368. The van der Waals surface area contributed by atoms with Gasteiger partial charge in [-0.05, 0) is 47.5 Å². The molecule has 0 aromatic heterocycles. The van der Waals surface area contributed by atoms with Crippen molar-refractivity contribution in [3.63, 3.8) is 0 Å². The molecule has 4 rings (SSSR count). The number of phenols is 1. The van der Waals surface area contributed by atoms with Gasteiger partial charge >= 0.3 is 5.97 Å². The molecular weight excluding hydrogens is 444 g/mol. The summed E-state index contributed by atoms with van der Waals surface area (Å²) >= 11 is 3.53. The maximum absolute atomic E-state index is 11.7. The fourth-order valence-electron chi connectivity index (χ4n) is 3.51. The first-order valence-electron chi connectivity index (χ1n) is 9.51. The number of halogens is 1. The summed E-state index contributed by atoms with van der Waals surface area (Å²) in [6, 6.07) is 22.4. The first kappa shape index (κ1) is 20.2. The Labute approximate surface area is 183 Å². The number of rotatable bonds is 4. The van der Waals surface area contributed by atoms with Gasteiger partial charge in [0, 0.05) is 15.7 Å². The van der Waals surface area contributed by atoms with Crippen molar-refractivity contribution in [3.05, 3.63) is 106 Å². The Morgan fingerprint density at radius 3 is 2.50 bits per heavy atom. The zero-order valence-corrected chi connectivity index (χ0v) is 17.9. The van der Waals surface area contributed by atoms with Crippen LogP contribution in [-0.4, -0.2) is 18.2 Å². The van der Waals surface area contributed by atoms with Crippen LogP contribution in [0.2, 0.25) is 0 Å². The number of carbonyl (C=O) groups is 1. The van der Waals surface area contributed by atoms with E-state index in [-0.39, 0.29) is 23.9 Å². The maximum Gasteiger partial charge on any atom is 0.337 e. The zero-order valence-electron chi connectivity index (χ0n) is 16.3. The Balaban J connectivity index is 1.72. The largest absolute Gasteiger partial charge is 0.508 e. The molecule has 0 radical (unpaired) electrons. The normalized spacial score (nSPS) is 18.3. The number of esters is 1. The van der Waals surface area contributed by atoms with Gasteiger partial charge in [-0.15, -0.1) is 0 Å². The van der Waals surface area contributed by atoms with Crippen molar-refractivity contribution in [1.29, 1.82) is 0 Å². The lowest BCUT2D eigenvalue weighted by molar-refractivity contribution is 0.0600. The average Bonchev–Trinajstić information content (AvgIpc) is 2.78. The summed E-state index contributed by atoms with van der Waals surface area (Å²) in [6.07, 6.45) is 1.84. The van der Waals surface area contributed by atoms with Crippen LogP contribution in [0.3, 0.4) is 0 Å². The van der Waals surface area contributed by atoms with Crippen LogP contribution in [0.25, 0.3) is 5.70 Å². The highest BCUT2D eigenvalue weighted by Gasteiger charge is 2.25. The van der Waals surface area contributed by atoms with Gasteiger partial charge in [-0.25, -0.2) is 4.79 Å². The summed E-state index contributed by atoms with van der Waals surface area (Å²) in [5.74, 6) is -0.130. The summed E-state index contributed by atoms with van der Waals surface area (Å²) in [4.78, 5) is 11.7. The molecule has 0 fully saturated rings. The van der Waals surface area contributed by atoms with E-state index >= 15 is 0 Å². The minimum absolute atomic E-state index is 0.202. The van der Waals surface area contributed by atoms with Crippen LogP contribution in [0, 0.1) is 0 Å². The fourth-order valence-corrected chi connectivity index (χ4v) is 3.91. The number of para-hydroxylation sites is 1. The monoisotopic (exact) mass is 464 g/mol. The first-order chi connectivity index (χ1) is 14.5. The molecule has 1 aliphatic heterocycles. The van der Waals surface area contributed by atoms with E-state index in [4.69, 9.17) is 4.74 Å². The van der Waals surface area contributed by atoms with E-state index in [0.717, 1.165) is 26.9 Å². The van der Waals surface area contributed by atoms with Crippen molar-refractivity contribution in [2.24, 2.45) is 0 Å². The van der Waals surface area contributed by atoms with Gasteiger partial charge in [0.25, 0.3) is 0 Å². The number of methoxy groups -OCH3 is 1. The van der Waals surface area contributed by atoms with Crippen molar-refractivity contribution in [1.82, 2.24) is 10.6 Å². The van der Waals surface area contributed by atoms with E-state index in [0.29, 0.717) is 5.56 Å². The molecule has 3 N–H and O–H groups in total. The number of phenolic OH excluding ortho intramolecular Hbond substituents is 1. The van der Waals surface area contributed by atoms with Crippen molar-refractivity contribution < 1.29 is 14.6 Å². The predicted octanol–water partition coefficient (Wildman–Crippen LogP) is 4.92. The van der Waals surface area contributed by atoms with Crippen LogP contribution < -0.4 is 10.6 Å². The average molecular weight is 465 g/mol. The highest BCUT2D eigenvalue weighted by Crippen LogP contribution is 2.33. The Morgan fingerprint density at radius 1 is 1.03 bits per heavy atom. The second-order valence-corrected chi connectivity index (χ2v) is 7.90.